The molecule has 3 aliphatic heterocycles. The molecule has 0 bridgehead atoms. The fourth-order valence-corrected chi connectivity index (χ4v) is 4.37. The first-order valence-corrected chi connectivity index (χ1v) is 9.92. The molecule has 0 radical (unpaired) electrons. The second kappa shape index (κ2) is 8.19. The van der Waals surface area contributed by atoms with Gasteiger partial charge in [-0.05, 0) is 18.1 Å². The lowest BCUT2D eigenvalue weighted by molar-refractivity contribution is -0.136. The van der Waals surface area contributed by atoms with Gasteiger partial charge in [-0.1, -0.05) is 12.1 Å². The van der Waals surface area contributed by atoms with Crippen molar-refractivity contribution in [1.82, 2.24) is 20.4 Å². The SMILES string of the molecule is O=C1CCC(N2C(=O)c3cccc(CN4CCNC(CC(F)F)C4)c3C2=O)C(=O)N1. The van der Waals surface area contributed by atoms with Crippen molar-refractivity contribution in [2.75, 3.05) is 19.6 Å². The van der Waals surface area contributed by atoms with Crippen LogP contribution in [0.4, 0.5) is 8.78 Å². The summed E-state index contributed by atoms with van der Waals surface area (Å²) in [5, 5.41) is 5.24. The van der Waals surface area contributed by atoms with E-state index in [1.165, 1.54) is 0 Å². The number of rotatable bonds is 5. The summed E-state index contributed by atoms with van der Waals surface area (Å²) >= 11 is 0. The van der Waals surface area contributed by atoms with Crippen LogP contribution in [0.15, 0.2) is 18.2 Å². The maximum Gasteiger partial charge on any atom is 0.262 e. The van der Waals surface area contributed by atoms with E-state index in [0.717, 1.165) is 4.90 Å². The van der Waals surface area contributed by atoms with E-state index < -0.39 is 36.1 Å². The quantitative estimate of drug-likeness (QED) is 0.674. The Morgan fingerprint density at radius 2 is 1.93 bits per heavy atom. The van der Waals surface area contributed by atoms with Crippen molar-refractivity contribution in [2.45, 2.75) is 44.3 Å². The minimum Gasteiger partial charge on any atom is -0.311 e. The molecule has 4 amide bonds. The fraction of sp³-hybridized carbons (Fsp3) is 0.500. The molecule has 3 aliphatic rings. The first-order chi connectivity index (χ1) is 14.3. The number of amides is 4. The third kappa shape index (κ3) is 3.84. The molecule has 3 heterocycles. The van der Waals surface area contributed by atoms with Crippen LogP contribution in [-0.2, 0) is 16.1 Å². The minimum absolute atomic E-state index is 0.0585. The second-order valence-corrected chi connectivity index (χ2v) is 7.80. The lowest BCUT2D eigenvalue weighted by Crippen LogP contribution is -2.54. The highest BCUT2D eigenvalue weighted by molar-refractivity contribution is 6.24. The Labute approximate surface area is 171 Å². The van der Waals surface area contributed by atoms with Crippen LogP contribution < -0.4 is 10.6 Å². The van der Waals surface area contributed by atoms with Gasteiger partial charge in [0.05, 0.1) is 11.1 Å². The van der Waals surface area contributed by atoms with Crippen LogP contribution in [0.1, 0.15) is 45.5 Å². The van der Waals surface area contributed by atoms with Crippen LogP contribution in [-0.4, -0.2) is 71.6 Å². The number of carbonyl (C=O) groups is 4. The summed E-state index contributed by atoms with van der Waals surface area (Å²) in [5.74, 6) is -2.19. The molecule has 10 heteroatoms. The fourth-order valence-electron chi connectivity index (χ4n) is 4.37. The lowest BCUT2D eigenvalue weighted by atomic mass is 10.0. The molecule has 0 aromatic heterocycles. The molecule has 1 aromatic carbocycles. The maximum atomic E-state index is 13.1. The summed E-state index contributed by atoms with van der Waals surface area (Å²) in [6.45, 7) is 1.93. The topological polar surface area (TPSA) is 98.8 Å². The van der Waals surface area contributed by atoms with Gasteiger partial charge in [-0.3, -0.25) is 34.3 Å². The molecule has 0 saturated carbocycles. The van der Waals surface area contributed by atoms with Crippen molar-refractivity contribution in [3.8, 4) is 0 Å². The predicted molar refractivity (Wildman–Crippen MR) is 101 cm³/mol. The standard InChI is InChI=1S/C20H22F2N4O4/c21-15(22)8-12-10-25(7-6-23-12)9-11-2-1-3-13-17(11)20(30)26(19(13)29)14-4-5-16(27)24-18(14)28/h1-3,12,14-15,23H,4-10H2,(H,24,27,28). The molecule has 4 rings (SSSR count). The molecule has 2 unspecified atom stereocenters. The van der Waals surface area contributed by atoms with Gasteiger partial charge in [-0.2, -0.15) is 0 Å². The van der Waals surface area contributed by atoms with Gasteiger partial charge in [-0.25, -0.2) is 8.78 Å². The van der Waals surface area contributed by atoms with E-state index in [4.69, 9.17) is 0 Å². The highest BCUT2D eigenvalue weighted by Gasteiger charge is 2.45. The number of benzene rings is 1. The van der Waals surface area contributed by atoms with Crippen molar-refractivity contribution in [3.05, 3.63) is 34.9 Å². The summed E-state index contributed by atoms with van der Waals surface area (Å²) in [4.78, 5) is 52.5. The molecule has 0 aliphatic carbocycles. The van der Waals surface area contributed by atoms with Gasteiger partial charge in [0, 0.05) is 45.1 Å². The summed E-state index contributed by atoms with van der Waals surface area (Å²) < 4.78 is 25.4. The summed E-state index contributed by atoms with van der Waals surface area (Å²) in [6, 6.07) is 3.60. The third-order valence-corrected chi connectivity index (χ3v) is 5.75. The first-order valence-electron chi connectivity index (χ1n) is 9.92. The van der Waals surface area contributed by atoms with Crippen molar-refractivity contribution in [1.29, 1.82) is 0 Å². The van der Waals surface area contributed by atoms with Gasteiger partial charge in [-0.15, -0.1) is 0 Å². The van der Waals surface area contributed by atoms with E-state index in [2.05, 4.69) is 10.6 Å². The van der Waals surface area contributed by atoms with Crippen LogP contribution in [0.2, 0.25) is 0 Å². The van der Waals surface area contributed by atoms with Crippen molar-refractivity contribution < 1.29 is 28.0 Å². The number of carbonyl (C=O) groups excluding carboxylic acids is 4. The number of halogens is 2. The lowest BCUT2D eigenvalue weighted by Gasteiger charge is -2.34. The Balaban J connectivity index is 1.55. The smallest absolute Gasteiger partial charge is 0.262 e. The Morgan fingerprint density at radius 3 is 2.67 bits per heavy atom. The molecule has 2 saturated heterocycles. The number of alkyl halides is 2. The molecule has 30 heavy (non-hydrogen) atoms. The molecule has 2 fully saturated rings. The summed E-state index contributed by atoms with van der Waals surface area (Å²) in [7, 11) is 0. The monoisotopic (exact) mass is 420 g/mol. The van der Waals surface area contributed by atoms with E-state index in [1.807, 2.05) is 4.90 Å². The first kappa shape index (κ1) is 20.5. The third-order valence-electron chi connectivity index (χ3n) is 5.75. The molecule has 160 valence electrons. The molecular weight excluding hydrogens is 398 g/mol. The van der Waals surface area contributed by atoms with E-state index in [1.54, 1.807) is 18.2 Å². The number of hydrogen-bond acceptors (Lipinski definition) is 6. The number of piperazine rings is 1. The molecule has 1 aromatic rings. The van der Waals surface area contributed by atoms with Crippen molar-refractivity contribution in [2.24, 2.45) is 0 Å². The average molecular weight is 420 g/mol. The summed E-state index contributed by atoms with van der Waals surface area (Å²) in [5.41, 5.74) is 1.09. The second-order valence-electron chi connectivity index (χ2n) is 7.80. The Kier molecular flexibility index (Phi) is 5.61. The predicted octanol–water partition coefficient (Wildman–Crippen LogP) is 0.517. The van der Waals surface area contributed by atoms with Gasteiger partial charge in [0.25, 0.3) is 11.8 Å². The number of nitrogens with one attached hydrogen (secondary N) is 2. The van der Waals surface area contributed by atoms with Gasteiger partial charge in [0.1, 0.15) is 6.04 Å². The zero-order valence-electron chi connectivity index (χ0n) is 16.2. The van der Waals surface area contributed by atoms with E-state index in [-0.39, 0.29) is 36.4 Å². The highest BCUT2D eigenvalue weighted by atomic mass is 19.3. The molecule has 2 atom stereocenters. The Hall–Kier alpha value is -2.72. The highest BCUT2D eigenvalue weighted by Crippen LogP contribution is 2.30. The number of piperidine rings is 1. The Bertz CT molecular complexity index is 907. The summed E-state index contributed by atoms with van der Waals surface area (Å²) in [6.07, 6.45) is -2.49. The zero-order chi connectivity index (χ0) is 21.4. The minimum atomic E-state index is -2.40. The Morgan fingerprint density at radius 1 is 1.13 bits per heavy atom. The normalized spacial score (nSPS) is 25.1. The van der Waals surface area contributed by atoms with E-state index in [9.17, 15) is 28.0 Å². The van der Waals surface area contributed by atoms with Gasteiger partial charge in [0.2, 0.25) is 18.2 Å². The van der Waals surface area contributed by atoms with Gasteiger partial charge >= 0.3 is 0 Å². The van der Waals surface area contributed by atoms with Crippen LogP contribution in [0.25, 0.3) is 0 Å². The zero-order valence-corrected chi connectivity index (χ0v) is 16.2. The molecular formula is C20H22F2N4O4. The van der Waals surface area contributed by atoms with E-state index in [0.29, 0.717) is 31.7 Å². The van der Waals surface area contributed by atoms with Crippen LogP contribution >= 0.6 is 0 Å². The number of hydrogen-bond donors (Lipinski definition) is 2. The van der Waals surface area contributed by atoms with Crippen molar-refractivity contribution in [3.63, 3.8) is 0 Å². The molecule has 2 N–H and O–H groups in total. The van der Waals surface area contributed by atoms with Crippen molar-refractivity contribution >= 4 is 23.6 Å². The average Bonchev–Trinajstić information content (AvgIpc) is 2.93. The van der Waals surface area contributed by atoms with Gasteiger partial charge in [0.15, 0.2) is 0 Å². The van der Waals surface area contributed by atoms with Crippen LogP contribution in [0.5, 0.6) is 0 Å². The van der Waals surface area contributed by atoms with E-state index >= 15 is 0 Å². The van der Waals surface area contributed by atoms with Crippen LogP contribution in [0.3, 0.4) is 0 Å². The van der Waals surface area contributed by atoms with Gasteiger partial charge < -0.3 is 5.32 Å². The number of imide groups is 2. The molecule has 8 nitrogen and oxygen atoms in total. The van der Waals surface area contributed by atoms with Crippen LogP contribution in [0, 0.1) is 0 Å². The largest absolute Gasteiger partial charge is 0.311 e. The number of nitrogens with zero attached hydrogens (tertiary/aromatic N) is 2. The number of fused-ring (bicyclic) bond motifs is 1. The molecule has 0 spiro atoms. The maximum absolute atomic E-state index is 13.1.